The van der Waals surface area contributed by atoms with Crippen LogP contribution in [0.2, 0.25) is 0 Å². The van der Waals surface area contributed by atoms with Crippen LogP contribution in [0.3, 0.4) is 0 Å². The van der Waals surface area contributed by atoms with E-state index in [0.29, 0.717) is 25.6 Å². The second-order valence-corrected chi connectivity index (χ2v) is 6.34. The van der Waals surface area contributed by atoms with Crippen LogP contribution in [0.15, 0.2) is 28.7 Å². The lowest BCUT2D eigenvalue weighted by Gasteiger charge is -2.27. The monoisotopic (exact) mass is 341 g/mol. The van der Waals surface area contributed by atoms with Gasteiger partial charge in [0.15, 0.2) is 0 Å². The SMILES string of the molecule is CC(C)CNC(=O)CN(C)C(CN)c1cccc(Br)c1. The lowest BCUT2D eigenvalue weighted by atomic mass is 10.1. The molecule has 0 saturated heterocycles. The van der Waals surface area contributed by atoms with E-state index in [1.165, 1.54) is 0 Å². The summed E-state index contributed by atoms with van der Waals surface area (Å²) in [6, 6.07) is 8.07. The van der Waals surface area contributed by atoms with Gasteiger partial charge in [0.1, 0.15) is 0 Å². The molecule has 0 bridgehead atoms. The van der Waals surface area contributed by atoms with Gasteiger partial charge in [-0.3, -0.25) is 9.69 Å². The van der Waals surface area contributed by atoms with E-state index in [1.54, 1.807) is 0 Å². The van der Waals surface area contributed by atoms with Crippen molar-refractivity contribution in [3.8, 4) is 0 Å². The van der Waals surface area contributed by atoms with Crippen LogP contribution in [0.4, 0.5) is 0 Å². The highest BCUT2D eigenvalue weighted by molar-refractivity contribution is 9.10. The van der Waals surface area contributed by atoms with Gasteiger partial charge in [-0.2, -0.15) is 0 Å². The van der Waals surface area contributed by atoms with Crippen molar-refractivity contribution < 1.29 is 4.79 Å². The average molecular weight is 342 g/mol. The highest BCUT2D eigenvalue weighted by Gasteiger charge is 2.18. The molecule has 1 rings (SSSR count). The second-order valence-electron chi connectivity index (χ2n) is 5.42. The normalized spacial score (nSPS) is 12.8. The Morgan fingerprint density at radius 3 is 2.70 bits per heavy atom. The van der Waals surface area contributed by atoms with E-state index in [1.807, 2.05) is 36.2 Å². The number of nitrogens with two attached hydrogens (primary N) is 1. The van der Waals surface area contributed by atoms with Crippen LogP contribution in [0, 0.1) is 5.92 Å². The summed E-state index contributed by atoms with van der Waals surface area (Å²) in [5.74, 6) is 0.495. The number of halogens is 1. The van der Waals surface area contributed by atoms with Gasteiger partial charge in [-0.15, -0.1) is 0 Å². The number of nitrogens with zero attached hydrogens (tertiary/aromatic N) is 1. The lowest BCUT2D eigenvalue weighted by molar-refractivity contribution is -0.122. The molecular formula is C15H24BrN3O. The molecule has 5 heteroatoms. The summed E-state index contributed by atoms with van der Waals surface area (Å²) in [6.07, 6.45) is 0. The number of rotatable bonds is 7. The van der Waals surface area contributed by atoms with Crippen molar-refractivity contribution >= 4 is 21.8 Å². The van der Waals surface area contributed by atoms with E-state index in [0.717, 1.165) is 10.0 Å². The summed E-state index contributed by atoms with van der Waals surface area (Å²) in [5.41, 5.74) is 6.98. The van der Waals surface area contributed by atoms with E-state index in [4.69, 9.17) is 5.73 Å². The van der Waals surface area contributed by atoms with Gasteiger partial charge in [0.05, 0.1) is 6.54 Å². The molecule has 1 amide bonds. The third-order valence-corrected chi connectivity index (χ3v) is 3.58. The zero-order valence-electron chi connectivity index (χ0n) is 12.4. The molecule has 0 spiro atoms. The maximum Gasteiger partial charge on any atom is 0.234 e. The van der Waals surface area contributed by atoms with Crippen molar-refractivity contribution in [1.29, 1.82) is 0 Å². The first kappa shape index (κ1) is 17.1. The maximum absolute atomic E-state index is 11.9. The molecule has 20 heavy (non-hydrogen) atoms. The third kappa shape index (κ3) is 5.61. The van der Waals surface area contributed by atoms with Gasteiger partial charge in [-0.05, 0) is 30.7 Å². The van der Waals surface area contributed by atoms with Gasteiger partial charge in [-0.1, -0.05) is 41.9 Å². The molecule has 1 aromatic rings. The number of amides is 1. The largest absolute Gasteiger partial charge is 0.355 e. The Morgan fingerprint density at radius 1 is 1.45 bits per heavy atom. The number of likely N-dealkylation sites (N-methyl/N-ethyl adjacent to an activating group) is 1. The summed E-state index contributed by atoms with van der Waals surface area (Å²) < 4.78 is 1.02. The summed E-state index contributed by atoms with van der Waals surface area (Å²) in [7, 11) is 1.92. The quantitative estimate of drug-likeness (QED) is 0.798. The van der Waals surface area contributed by atoms with E-state index >= 15 is 0 Å². The van der Waals surface area contributed by atoms with Crippen LogP contribution >= 0.6 is 15.9 Å². The zero-order chi connectivity index (χ0) is 15.1. The molecule has 0 aromatic heterocycles. The first-order valence-corrected chi connectivity index (χ1v) is 7.65. The Kier molecular flexibility index (Phi) is 7.19. The van der Waals surface area contributed by atoms with Gasteiger partial charge in [0.2, 0.25) is 5.91 Å². The molecule has 0 aliphatic rings. The predicted octanol–water partition coefficient (Wildman–Crippen LogP) is 2.15. The van der Waals surface area contributed by atoms with E-state index in [-0.39, 0.29) is 11.9 Å². The fourth-order valence-corrected chi connectivity index (χ4v) is 2.41. The third-order valence-electron chi connectivity index (χ3n) is 3.09. The maximum atomic E-state index is 11.9. The molecule has 1 atom stereocenters. The van der Waals surface area contributed by atoms with Gasteiger partial charge >= 0.3 is 0 Å². The first-order chi connectivity index (χ1) is 9.43. The molecule has 0 heterocycles. The summed E-state index contributed by atoms with van der Waals surface area (Å²) >= 11 is 3.46. The molecule has 0 saturated carbocycles. The van der Waals surface area contributed by atoms with E-state index < -0.39 is 0 Å². The Bertz CT molecular complexity index is 437. The molecule has 3 N–H and O–H groups in total. The van der Waals surface area contributed by atoms with Crippen LogP contribution in [-0.4, -0.2) is 37.5 Å². The van der Waals surface area contributed by atoms with Crippen LogP contribution in [0.1, 0.15) is 25.5 Å². The highest BCUT2D eigenvalue weighted by atomic mass is 79.9. The zero-order valence-corrected chi connectivity index (χ0v) is 14.0. The lowest BCUT2D eigenvalue weighted by Crippen LogP contribution is -2.40. The standard InChI is InChI=1S/C15H24BrN3O/c1-11(2)9-18-15(20)10-19(3)14(8-17)12-5-4-6-13(16)7-12/h4-7,11,14H,8-10,17H2,1-3H3,(H,18,20). The Morgan fingerprint density at radius 2 is 2.15 bits per heavy atom. The van der Waals surface area contributed by atoms with Gasteiger partial charge in [-0.25, -0.2) is 0 Å². The van der Waals surface area contributed by atoms with Gasteiger partial charge in [0.25, 0.3) is 0 Å². The van der Waals surface area contributed by atoms with Crippen molar-refractivity contribution in [2.75, 3.05) is 26.7 Å². The van der Waals surface area contributed by atoms with Gasteiger partial charge in [0, 0.05) is 23.6 Å². The summed E-state index contributed by atoms with van der Waals surface area (Å²) in [4.78, 5) is 13.9. The van der Waals surface area contributed by atoms with Crippen molar-refractivity contribution in [3.05, 3.63) is 34.3 Å². The fraction of sp³-hybridized carbons (Fsp3) is 0.533. The molecule has 112 valence electrons. The van der Waals surface area contributed by atoms with Gasteiger partial charge < -0.3 is 11.1 Å². The van der Waals surface area contributed by atoms with Crippen molar-refractivity contribution in [2.45, 2.75) is 19.9 Å². The average Bonchev–Trinajstić information content (AvgIpc) is 2.37. The number of benzene rings is 1. The molecule has 0 radical (unpaired) electrons. The molecule has 0 fully saturated rings. The molecule has 0 aliphatic carbocycles. The number of hydrogen-bond donors (Lipinski definition) is 2. The Hall–Kier alpha value is -0.910. The molecule has 1 unspecified atom stereocenters. The fourth-order valence-electron chi connectivity index (χ4n) is 1.99. The molecule has 4 nitrogen and oxygen atoms in total. The minimum absolute atomic E-state index is 0.0367. The Labute approximate surface area is 129 Å². The minimum atomic E-state index is 0.0367. The topological polar surface area (TPSA) is 58.4 Å². The second kappa shape index (κ2) is 8.39. The number of nitrogens with one attached hydrogen (secondary N) is 1. The summed E-state index contributed by atoms with van der Waals surface area (Å²) in [5, 5.41) is 2.92. The molecule has 1 aromatic carbocycles. The molecular weight excluding hydrogens is 318 g/mol. The molecule has 0 aliphatic heterocycles. The van der Waals surface area contributed by atoms with Crippen molar-refractivity contribution in [1.82, 2.24) is 10.2 Å². The number of carbonyl (C=O) groups is 1. The minimum Gasteiger partial charge on any atom is -0.355 e. The van der Waals surface area contributed by atoms with E-state index in [2.05, 4.69) is 35.1 Å². The first-order valence-electron chi connectivity index (χ1n) is 6.86. The number of hydrogen-bond acceptors (Lipinski definition) is 3. The highest BCUT2D eigenvalue weighted by Crippen LogP contribution is 2.21. The van der Waals surface area contributed by atoms with Crippen LogP contribution in [-0.2, 0) is 4.79 Å². The van der Waals surface area contributed by atoms with Crippen LogP contribution < -0.4 is 11.1 Å². The summed E-state index contributed by atoms with van der Waals surface area (Å²) in [6.45, 7) is 5.69. The van der Waals surface area contributed by atoms with Crippen molar-refractivity contribution in [3.63, 3.8) is 0 Å². The van der Waals surface area contributed by atoms with E-state index in [9.17, 15) is 4.79 Å². The van der Waals surface area contributed by atoms with Crippen LogP contribution in [0.5, 0.6) is 0 Å². The Balaban J connectivity index is 2.63. The van der Waals surface area contributed by atoms with Crippen molar-refractivity contribution in [2.24, 2.45) is 11.7 Å². The number of carbonyl (C=O) groups excluding carboxylic acids is 1. The smallest absolute Gasteiger partial charge is 0.234 e. The van der Waals surface area contributed by atoms with Crippen LogP contribution in [0.25, 0.3) is 0 Å². The predicted molar refractivity (Wildman–Crippen MR) is 86.4 cm³/mol.